The molecule has 4 aliphatic rings. The van der Waals surface area contributed by atoms with Gasteiger partial charge in [-0.15, -0.1) is 0 Å². The molecule has 0 N–H and O–H groups in total. The van der Waals surface area contributed by atoms with Gasteiger partial charge in [0.05, 0.1) is 12.1 Å². The van der Waals surface area contributed by atoms with Crippen molar-refractivity contribution < 1.29 is 0 Å². The van der Waals surface area contributed by atoms with E-state index in [0.717, 1.165) is 57.9 Å². The maximum atomic E-state index is 5.34. The minimum absolute atomic E-state index is 0.227. The summed E-state index contributed by atoms with van der Waals surface area (Å²) in [4.78, 5) is 14.9. The highest BCUT2D eigenvalue weighted by Gasteiger charge is 2.39. The molecule has 0 radical (unpaired) electrons. The molecule has 53 heavy (non-hydrogen) atoms. The van der Waals surface area contributed by atoms with Crippen molar-refractivity contribution in [2.75, 3.05) is 19.6 Å². The standard InChI is InChI=1S/C48H39N5/c1-34-31-41(29-30-44(34)53-45-25-10-8-23-42(45)43-24-9-11-26-46(43)53)50-37-19-12-21-39(32-37)51(35-15-4-2-5-16-35)47-27-14-28-48(49-47)52(36-17-6-3-7-18-36)40-22-13-20-38(50)33-40/h2-25,27-34,44,46H,26H2,1H3. The zero-order valence-electron chi connectivity index (χ0n) is 29.6. The minimum Gasteiger partial charge on any atom is -0.357 e. The molecule has 0 saturated heterocycles. The molecule has 10 rings (SSSR count). The Morgan fingerprint density at radius 3 is 1.74 bits per heavy atom. The fraction of sp³-hybridized carbons (Fsp3) is 0.104. The molecule has 5 aromatic carbocycles. The predicted octanol–water partition coefficient (Wildman–Crippen LogP) is 12.2. The number of hydrogen-bond donors (Lipinski definition) is 0. The van der Waals surface area contributed by atoms with Crippen molar-refractivity contribution in [3.8, 4) is 0 Å². The van der Waals surface area contributed by atoms with Crippen LogP contribution in [0.15, 0.2) is 194 Å². The summed E-state index contributed by atoms with van der Waals surface area (Å²) in [7, 11) is 0. The lowest BCUT2D eigenvalue weighted by molar-refractivity contribution is 0.537. The van der Waals surface area contributed by atoms with Gasteiger partial charge in [0.15, 0.2) is 0 Å². The van der Waals surface area contributed by atoms with Crippen molar-refractivity contribution in [3.05, 3.63) is 199 Å². The number of pyridine rings is 1. The van der Waals surface area contributed by atoms with E-state index in [1.165, 1.54) is 16.8 Å². The zero-order valence-corrected chi connectivity index (χ0v) is 29.6. The van der Waals surface area contributed by atoms with E-state index in [-0.39, 0.29) is 12.0 Å². The highest BCUT2D eigenvalue weighted by Crippen LogP contribution is 2.48. The Hall–Kier alpha value is -6.59. The summed E-state index contributed by atoms with van der Waals surface area (Å²) in [5, 5.41) is 0. The van der Waals surface area contributed by atoms with Crippen LogP contribution in [0.2, 0.25) is 0 Å². The van der Waals surface area contributed by atoms with E-state index in [4.69, 9.17) is 4.98 Å². The second kappa shape index (κ2) is 12.9. The molecular weight excluding hydrogens is 647 g/mol. The molecule has 3 unspecified atom stereocenters. The first-order chi connectivity index (χ1) is 26.2. The quantitative estimate of drug-likeness (QED) is 0.184. The van der Waals surface area contributed by atoms with E-state index in [9.17, 15) is 0 Å². The molecule has 3 atom stereocenters. The van der Waals surface area contributed by atoms with Crippen LogP contribution in [0.4, 0.5) is 51.4 Å². The lowest BCUT2D eigenvalue weighted by Gasteiger charge is -2.40. The van der Waals surface area contributed by atoms with Crippen molar-refractivity contribution in [2.45, 2.75) is 25.4 Å². The van der Waals surface area contributed by atoms with E-state index in [2.05, 4.69) is 215 Å². The Balaban J connectivity index is 1.13. The van der Waals surface area contributed by atoms with Gasteiger partial charge in [0.25, 0.3) is 0 Å². The number of hydrogen-bond acceptors (Lipinski definition) is 5. The number of fused-ring (bicyclic) bond motifs is 9. The van der Waals surface area contributed by atoms with Gasteiger partial charge in [-0.1, -0.05) is 110 Å². The molecule has 2 aliphatic carbocycles. The molecule has 0 fully saturated rings. The van der Waals surface area contributed by atoms with Crippen LogP contribution in [0.1, 0.15) is 18.9 Å². The number of allylic oxidation sites excluding steroid dienone is 3. The van der Waals surface area contributed by atoms with Crippen LogP contribution in [0, 0.1) is 5.92 Å². The van der Waals surface area contributed by atoms with Gasteiger partial charge in [-0.2, -0.15) is 0 Å². The number of aromatic nitrogens is 1. The van der Waals surface area contributed by atoms with E-state index in [1.807, 2.05) is 0 Å². The number of nitrogens with zero attached hydrogens (tertiary/aromatic N) is 5. The smallest absolute Gasteiger partial charge is 0.140 e. The van der Waals surface area contributed by atoms with Crippen LogP contribution in [-0.2, 0) is 0 Å². The number of benzene rings is 5. The summed E-state index contributed by atoms with van der Waals surface area (Å²) >= 11 is 0. The van der Waals surface area contributed by atoms with Gasteiger partial charge in [0, 0.05) is 57.0 Å². The average molecular weight is 686 g/mol. The zero-order chi connectivity index (χ0) is 35.3. The molecule has 5 nitrogen and oxygen atoms in total. The van der Waals surface area contributed by atoms with Crippen molar-refractivity contribution >= 4 is 57.0 Å². The fourth-order valence-corrected chi connectivity index (χ4v) is 8.55. The van der Waals surface area contributed by atoms with Crippen LogP contribution in [0.3, 0.4) is 0 Å². The Kier molecular flexibility index (Phi) is 7.57. The van der Waals surface area contributed by atoms with E-state index in [1.54, 1.807) is 0 Å². The maximum Gasteiger partial charge on any atom is 0.140 e. The maximum absolute atomic E-state index is 5.34. The van der Waals surface area contributed by atoms with Crippen LogP contribution in [0.5, 0.6) is 0 Å². The first-order valence-electron chi connectivity index (χ1n) is 18.5. The lowest BCUT2D eigenvalue weighted by Crippen LogP contribution is -2.44. The SMILES string of the molecule is CC1C=C(N2c3cccc(c3)N(c3ccccc3)c3cccc(n3)N(c3ccccc3)c3cccc2c3)C=CC1N1c2ccccc2C2=CC=CCC21. The normalized spacial score (nSPS) is 19.8. The largest absolute Gasteiger partial charge is 0.357 e. The van der Waals surface area contributed by atoms with Crippen molar-refractivity contribution in [1.29, 1.82) is 0 Å². The van der Waals surface area contributed by atoms with Gasteiger partial charge in [-0.05, 0) is 96.9 Å². The van der Waals surface area contributed by atoms with Crippen LogP contribution in [0.25, 0.3) is 5.57 Å². The summed E-state index contributed by atoms with van der Waals surface area (Å²) in [6.45, 7) is 2.37. The Morgan fingerprint density at radius 2 is 1.11 bits per heavy atom. The number of anilines is 9. The van der Waals surface area contributed by atoms with Gasteiger partial charge in [0.2, 0.25) is 0 Å². The molecule has 5 heteroatoms. The third-order valence-corrected chi connectivity index (χ3v) is 10.9. The van der Waals surface area contributed by atoms with E-state index < -0.39 is 0 Å². The van der Waals surface area contributed by atoms with Crippen LogP contribution in [-0.4, -0.2) is 17.1 Å². The molecule has 3 heterocycles. The lowest BCUT2D eigenvalue weighted by atomic mass is 9.90. The highest BCUT2D eigenvalue weighted by atomic mass is 15.3. The van der Waals surface area contributed by atoms with Gasteiger partial charge in [-0.3, -0.25) is 9.80 Å². The van der Waals surface area contributed by atoms with Crippen molar-refractivity contribution in [2.24, 2.45) is 5.92 Å². The minimum atomic E-state index is 0.227. The third-order valence-electron chi connectivity index (χ3n) is 10.9. The summed E-state index contributed by atoms with van der Waals surface area (Å²) in [6.07, 6.45) is 15.1. The molecule has 0 saturated carbocycles. The Labute approximate surface area is 311 Å². The van der Waals surface area contributed by atoms with Gasteiger partial charge in [-0.25, -0.2) is 4.98 Å². The number of rotatable bonds is 4. The topological polar surface area (TPSA) is 25.9 Å². The average Bonchev–Trinajstić information content (AvgIpc) is 3.54. The van der Waals surface area contributed by atoms with Gasteiger partial charge < -0.3 is 9.80 Å². The van der Waals surface area contributed by atoms with Crippen LogP contribution >= 0.6 is 0 Å². The van der Waals surface area contributed by atoms with E-state index in [0.29, 0.717) is 6.04 Å². The second-order valence-corrected chi connectivity index (χ2v) is 14.1. The molecule has 6 aromatic rings. The van der Waals surface area contributed by atoms with Crippen LogP contribution < -0.4 is 19.6 Å². The Bertz CT molecular complexity index is 2340. The molecule has 0 spiro atoms. The monoisotopic (exact) mass is 685 g/mol. The molecular formula is C48H39N5. The van der Waals surface area contributed by atoms with Gasteiger partial charge >= 0.3 is 0 Å². The molecule has 1 aromatic heterocycles. The summed E-state index contributed by atoms with van der Waals surface area (Å²) in [5.74, 6) is 1.95. The van der Waals surface area contributed by atoms with Crippen molar-refractivity contribution in [1.82, 2.24) is 4.98 Å². The predicted molar refractivity (Wildman–Crippen MR) is 220 cm³/mol. The van der Waals surface area contributed by atoms with E-state index >= 15 is 0 Å². The molecule has 256 valence electrons. The molecule has 6 bridgehead atoms. The molecule has 2 aliphatic heterocycles. The van der Waals surface area contributed by atoms with Gasteiger partial charge in [0.1, 0.15) is 11.6 Å². The molecule has 0 amide bonds. The van der Waals surface area contributed by atoms with Crippen molar-refractivity contribution in [3.63, 3.8) is 0 Å². The fourth-order valence-electron chi connectivity index (χ4n) is 8.55. The third kappa shape index (κ3) is 5.36. The number of para-hydroxylation sites is 3. The highest BCUT2D eigenvalue weighted by molar-refractivity contribution is 5.90. The first kappa shape index (κ1) is 31.2. The first-order valence-corrected chi connectivity index (χ1v) is 18.5. The summed E-state index contributed by atoms with van der Waals surface area (Å²) < 4.78 is 0. The summed E-state index contributed by atoms with van der Waals surface area (Å²) in [6, 6.07) is 54.5. The second-order valence-electron chi connectivity index (χ2n) is 14.1. The summed E-state index contributed by atoms with van der Waals surface area (Å²) in [5.41, 5.74) is 11.6. The Morgan fingerprint density at radius 1 is 0.566 bits per heavy atom.